The van der Waals surface area contributed by atoms with Crippen LogP contribution in [0.1, 0.15) is 72.7 Å². The molecule has 0 bridgehead atoms. The van der Waals surface area contributed by atoms with Crippen molar-refractivity contribution in [2.24, 2.45) is 5.92 Å². The van der Waals surface area contributed by atoms with Gasteiger partial charge in [0.2, 0.25) is 0 Å². The van der Waals surface area contributed by atoms with E-state index in [2.05, 4.69) is 63.8 Å². The van der Waals surface area contributed by atoms with Gasteiger partial charge >= 0.3 is 0 Å². The smallest absolute Gasteiger partial charge is 0.254 e. The third-order valence-electron chi connectivity index (χ3n) is 8.10. The van der Waals surface area contributed by atoms with Gasteiger partial charge in [0.1, 0.15) is 0 Å². The lowest BCUT2D eigenvalue weighted by Crippen LogP contribution is -2.56. The molecular formula is C29H39BrN2O2. The summed E-state index contributed by atoms with van der Waals surface area (Å²) < 4.78 is 7.34. The Morgan fingerprint density at radius 2 is 1.62 bits per heavy atom. The van der Waals surface area contributed by atoms with Crippen LogP contribution in [-0.2, 0) is 4.74 Å². The highest BCUT2D eigenvalue weighted by atomic mass is 79.9. The quantitative estimate of drug-likeness (QED) is 0.427. The number of rotatable bonds is 6. The first kappa shape index (κ1) is 25.4. The SMILES string of the molecule is CCOC(c1ccc(Br)cc1)C1CCN(C2(C)CCN(C(=O)c3c(C)cccc3C)CC2)CC1. The van der Waals surface area contributed by atoms with Crippen LogP contribution in [0.25, 0.3) is 0 Å². The van der Waals surface area contributed by atoms with E-state index in [9.17, 15) is 4.79 Å². The molecule has 2 heterocycles. The molecule has 1 atom stereocenters. The number of hydrogen-bond donors (Lipinski definition) is 0. The molecule has 2 aromatic carbocycles. The Morgan fingerprint density at radius 1 is 1.03 bits per heavy atom. The second-order valence-corrected chi connectivity index (χ2v) is 11.2. The molecule has 184 valence electrons. The van der Waals surface area contributed by atoms with Crippen molar-refractivity contribution in [2.75, 3.05) is 32.8 Å². The van der Waals surface area contributed by atoms with Crippen LogP contribution in [0.2, 0.25) is 0 Å². The number of piperidine rings is 2. The van der Waals surface area contributed by atoms with Crippen molar-refractivity contribution in [3.63, 3.8) is 0 Å². The fraction of sp³-hybridized carbons (Fsp3) is 0.552. The summed E-state index contributed by atoms with van der Waals surface area (Å²) in [4.78, 5) is 18.0. The number of halogens is 1. The van der Waals surface area contributed by atoms with Gasteiger partial charge < -0.3 is 9.64 Å². The maximum absolute atomic E-state index is 13.3. The van der Waals surface area contributed by atoms with Gasteiger partial charge in [-0.05, 0) is 101 Å². The summed E-state index contributed by atoms with van der Waals surface area (Å²) >= 11 is 3.55. The number of ether oxygens (including phenoxy) is 1. The van der Waals surface area contributed by atoms with Crippen LogP contribution in [0.4, 0.5) is 0 Å². The fourth-order valence-corrected chi connectivity index (χ4v) is 6.16. The first-order chi connectivity index (χ1) is 16.3. The number of amides is 1. The number of hydrogen-bond acceptors (Lipinski definition) is 3. The zero-order valence-electron chi connectivity index (χ0n) is 21.1. The second kappa shape index (κ2) is 10.9. The zero-order chi connectivity index (χ0) is 24.3. The third-order valence-corrected chi connectivity index (χ3v) is 8.63. The van der Waals surface area contributed by atoms with E-state index in [1.807, 2.05) is 32.0 Å². The Bertz CT molecular complexity index is 954. The van der Waals surface area contributed by atoms with Crippen LogP contribution < -0.4 is 0 Å². The lowest BCUT2D eigenvalue weighted by Gasteiger charge is -2.50. The second-order valence-electron chi connectivity index (χ2n) is 10.3. The van der Waals surface area contributed by atoms with Crippen LogP contribution in [0.5, 0.6) is 0 Å². The fourth-order valence-electron chi connectivity index (χ4n) is 5.90. The summed E-state index contributed by atoms with van der Waals surface area (Å²) in [5.41, 5.74) is 4.50. The molecular weight excluding hydrogens is 488 g/mol. The van der Waals surface area contributed by atoms with Gasteiger partial charge in [-0.3, -0.25) is 9.69 Å². The van der Waals surface area contributed by atoms with Crippen LogP contribution >= 0.6 is 15.9 Å². The molecule has 0 aromatic heterocycles. The summed E-state index contributed by atoms with van der Waals surface area (Å²) in [6.07, 6.45) is 4.55. The van der Waals surface area contributed by atoms with E-state index < -0.39 is 0 Å². The van der Waals surface area contributed by atoms with Crippen LogP contribution in [0, 0.1) is 19.8 Å². The highest BCUT2D eigenvalue weighted by Gasteiger charge is 2.40. The standard InChI is InChI=1S/C29H39BrN2O2/c1-5-34-27(23-9-11-25(30)12-10-23)24-13-17-32(18-14-24)29(4)15-19-31(20-16-29)28(33)26-21(2)7-6-8-22(26)3/h6-12,24,27H,5,13-20H2,1-4H3. The van der Waals surface area contributed by atoms with E-state index in [1.165, 1.54) is 5.56 Å². The molecule has 4 rings (SSSR count). The van der Waals surface area contributed by atoms with Crippen molar-refractivity contribution >= 4 is 21.8 Å². The van der Waals surface area contributed by atoms with Gasteiger partial charge in [-0.25, -0.2) is 0 Å². The third kappa shape index (κ3) is 5.42. The molecule has 2 aliphatic heterocycles. The lowest BCUT2D eigenvalue weighted by atomic mass is 9.82. The molecule has 0 aliphatic carbocycles. The summed E-state index contributed by atoms with van der Waals surface area (Å²) in [7, 11) is 0. The highest BCUT2D eigenvalue weighted by Crippen LogP contribution is 2.38. The molecule has 2 aromatic rings. The average Bonchev–Trinajstić information content (AvgIpc) is 2.84. The maximum Gasteiger partial charge on any atom is 0.254 e. The molecule has 1 amide bonds. The van der Waals surface area contributed by atoms with Crippen LogP contribution in [0.15, 0.2) is 46.9 Å². The average molecular weight is 528 g/mol. The molecule has 0 radical (unpaired) electrons. The maximum atomic E-state index is 13.3. The predicted octanol–water partition coefficient (Wildman–Crippen LogP) is 6.55. The van der Waals surface area contributed by atoms with E-state index in [-0.39, 0.29) is 17.6 Å². The number of benzene rings is 2. The number of carbonyl (C=O) groups excluding carboxylic acids is 1. The van der Waals surface area contributed by atoms with Crippen molar-refractivity contribution in [3.05, 3.63) is 69.2 Å². The Morgan fingerprint density at radius 3 is 2.18 bits per heavy atom. The first-order valence-electron chi connectivity index (χ1n) is 12.8. The van der Waals surface area contributed by atoms with Crippen LogP contribution in [0.3, 0.4) is 0 Å². The molecule has 0 spiro atoms. The normalized spacial score (nSPS) is 20.3. The largest absolute Gasteiger partial charge is 0.374 e. The van der Waals surface area contributed by atoms with E-state index in [1.54, 1.807) is 0 Å². The van der Waals surface area contributed by atoms with Crippen molar-refractivity contribution < 1.29 is 9.53 Å². The van der Waals surface area contributed by atoms with Crippen molar-refractivity contribution in [1.82, 2.24) is 9.80 Å². The Kier molecular flexibility index (Phi) is 8.16. The summed E-state index contributed by atoms with van der Waals surface area (Å²) in [5, 5.41) is 0. The monoisotopic (exact) mass is 526 g/mol. The summed E-state index contributed by atoms with van der Waals surface area (Å²) in [6, 6.07) is 14.7. The molecule has 2 saturated heterocycles. The molecule has 4 nitrogen and oxygen atoms in total. The van der Waals surface area contributed by atoms with Gasteiger partial charge in [0.05, 0.1) is 6.10 Å². The topological polar surface area (TPSA) is 32.8 Å². The zero-order valence-corrected chi connectivity index (χ0v) is 22.7. The summed E-state index contributed by atoms with van der Waals surface area (Å²) in [5.74, 6) is 0.747. The number of carbonyl (C=O) groups is 1. The predicted molar refractivity (Wildman–Crippen MR) is 142 cm³/mol. The van der Waals surface area contributed by atoms with Crippen LogP contribution in [-0.4, -0.2) is 54.0 Å². The van der Waals surface area contributed by atoms with E-state index >= 15 is 0 Å². The van der Waals surface area contributed by atoms with Gasteiger partial charge in [0.15, 0.2) is 0 Å². The van der Waals surface area contributed by atoms with Gasteiger partial charge in [-0.1, -0.05) is 46.3 Å². The molecule has 2 fully saturated rings. The molecule has 0 saturated carbocycles. The van der Waals surface area contributed by atoms with E-state index in [0.29, 0.717) is 5.92 Å². The van der Waals surface area contributed by atoms with E-state index in [4.69, 9.17) is 4.74 Å². The molecule has 2 aliphatic rings. The van der Waals surface area contributed by atoms with Crippen molar-refractivity contribution in [1.29, 1.82) is 0 Å². The van der Waals surface area contributed by atoms with Gasteiger partial charge in [-0.2, -0.15) is 0 Å². The van der Waals surface area contributed by atoms with Gasteiger partial charge in [0.25, 0.3) is 5.91 Å². The van der Waals surface area contributed by atoms with E-state index in [0.717, 1.165) is 79.6 Å². The molecule has 0 N–H and O–H groups in total. The Balaban J connectivity index is 1.35. The molecule has 5 heteroatoms. The van der Waals surface area contributed by atoms with Gasteiger partial charge in [0, 0.05) is 35.3 Å². The lowest BCUT2D eigenvalue weighted by molar-refractivity contribution is -0.0341. The summed E-state index contributed by atoms with van der Waals surface area (Å²) in [6.45, 7) is 13.2. The first-order valence-corrected chi connectivity index (χ1v) is 13.6. The highest BCUT2D eigenvalue weighted by molar-refractivity contribution is 9.10. The number of aryl methyl sites for hydroxylation is 2. The van der Waals surface area contributed by atoms with Gasteiger partial charge in [-0.15, -0.1) is 0 Å². The Hall–Kier alpha value is -1.69. The minimum absolute atomic E-state index is 0.168. The minimum Gasteiger partial charge on any atom is -0.374 e. The molecule has 1 unspecified atom stereocenters. The Labute approximate surface area is 213 Å². The number of nitrogens with zero attached hydrogens (tertiary/aromatic N) is 2. The van der Waals surface area contributed by atoms with Crippen molar-refractivity contribution in [2.45, 2.75) is 65.0 Å². The molecule has 34 heavy (non-hydrogen) atoms. The minimum atomic E-state index is 0.168. The number of likely N-dealkylation sites (tertiary alicyclic amines) is 2. The van der Waals surface area contributed by atoms with Crippen molar-refractivity contribution in [3.8, 4) is 0 Å².